The number of nitrogens with zero attached hydrogens (tertiary/aromatic N) is 1. The molecule has 0 radical (unpaired) electrons. The summed E-state index contributed by atoms with van der Waals surface area (Å²) in [5.41, 5.74) is -6.19. The van der Waals surface area contributed by atoms with Crippen molar-refractivity contribution in [2.24, 2.45) is 0 Å². The van der Waals surface area contributed by atoms with E-state index >= 15 is 0 Å². The molecule has 2 aromatic heterocycles. The van der Waals surface area contributed by atoms with Crippen molar-refractivity contribution in [3.8, 4) is 0 Å². The fourth-order valence-electron chi connectivity index (χ4n) is 1.60. The Bertz CT molecular complexity index is 834. The highest BCUT2D eigenvalue weighted by molar-refractivity contribution is 9.11. The van der Waals surface area contributed by atoms with Gasteiger partial charge in [0, 0.05) is 11.1 Å². The summed E-state index contributed by atoms with van der Waals surface area (Å²) in [6.45, 7) is 0.0511. The van der Waals surface area contributed by atoms with Crippen LogP contribution < -0.4 is 5.32 Å². The summed E-state index contributed by atoms with van der Waals surface area (Å²) < 4.78 is 61.8. The van der Waals surface area contributed by atoms with Crippen LogP contribution in [0.4, 0.5) is 13.2 Å². The van der Waals surface area contributed by atoms with Crippen molar-refractivity contribution in [3.63, 3.8) is 0 Å². The van der Waals surface area contributed by atoms with Crippen molar-refractivity contribution in [2.45, 2.75) is 17.1 Å². The van der Waals surface area contributed by atoms with E-state index in [-0.39, 0.29) is 6.54 Å². The number of hydrogen-bond donors (Lipinski definition) is 1. The van der Waals surface area contributed by atoms with Crippen molar-refractivity contribution in [3.05, 3.63) is 44.7 Å². The minimum absolute atomic E-state index is 0.0511. The lowest BCUT2D eigenvalue weighted by Crippen LogP contribution is -2.29. The topological polar surface area (TPSA) is 76.1 Å². The van der Waals surface area contributed by atoms with E-state index in [9.17, 15) is 26.4 Å². The molecule has 0 unspecified atom stereocenters. The first-order chi connectivity index (χ1) is 10.6. The molecular weight excluding hydrogens is 421 g/mol. The maximum Gasteiger partial charge on any atom is 0.503 e. The van der Waals surface area contributed by atoms with Crippen molar-refractivity contribution < 1.29 is 26.4 Å². The van der Waals surface area contributed by atoms with E-state index in [0.29, 0.717) is 0 Å². The highest BCUT2D eigenvalue weighted by atomic mass is 79.9. The number of alkyl halides is 3. The Morgan fingerprint density at radius 3 is 2.57 bits per heavy atom. The van der Waals surface area contributed by atoms with Crippen LogP contribution in [0.5, 0.6) is 0 Å². The number of hydrogen-bond acceptors (Lipinski definition) is 5. The van der Waals surface area contributed by atoms with Gasteiger partial charge < -0.3 is 5.32 Å². The Hall–Kier alpha value is -1.46. The van der Waals surface area contributed by atoms with E-state index in [1.807, 2.05) is 0 Å². The zero-order valence-electron chi connectivity index (χ0n) is 11.1. The van der Waals surface area contributed by atoms with Gasteiger partial charge in [0.25, 0.3) is 15.7 Å². The molecule has 2 heterocycles. The largest absolute Gasteiger partial charge is 0.503 e. The van der Waals surface area contributed by atoms with E-state index < -0.39 is 31.8 Å². The van der Waals surface area contributed by atoms with Gasteiger partial charge in [-0.25, -0.2) is 13.4 Å². The quantitative estimate of drug-likeness (QED) is 0.811. The molecule has 23 heavy (non-hydrogen) atoms. The minimum atomic E-state index is -5.71. The minimum Gasteiger partial charge on any atom is -0.347 e. The van der Waals surface area contributed by atoms with Crippen LogP contribution in [-0.2, 0) is 16.4 Å². The first-order valence-corrected chi connectivity index (χ1v) is 9.01. The summed E-state index contributed by atoms with van der Waals surface area (Å²) in [6, 6.07) is 5.62. The molecule has 0 aliphatic heterocycles. The van der Waals surface area contributed by atoms with Gasteiger partial charge in [-0.3, -0.25) is 4.79 Å². The van der Waals surface area contributed by atoms with Gasteiger partial charge in [-0.1, -0.05) is 0 Å². The summed E-state index contributed by atoms with van der Waals surface area (Å²) in [4.78, 5) is 16.0. The molecule has 11 heteroatoms. The standard InChI is InChI=1S/C12H8BrF3N2O3S2/c13-9-4-3-7(22-9)6-18-10(19)8-2-1-5-17-11(8)23(20,21)12(14,15)16/h1-5H,6H2,(H,18,19). The lowest BCUT2D eigenvalue weighted by atomic mass is 10.2. The van der Waals surface area contributed by atoms with Crippen LogP contribution >= 0.6 is 27.3 Å². The first kappa shape index (κ1) is 17.9. The molecular formula is C12H8BrF3N2O3S2. The van der Waals surface area contributed by atoms with Crippen LogP contribution in [0, 0.1) is 0 Å². The summed E-state index contributed by atoms with van der Waals surface area (Å²) in [7, 11) is -5.71. The molecule has 0 aliphatic carbocycles. The number of sulfone groups is 1. The lowest BCUT2D eigenvalue weighted by molar-refractivity contribution is -0.0438. The molecule has 1 N–H and O–H groups in total. The molecule has 1 amide bonds. The molecule has 0 saturated heterocycles. The van der Waals surface area contributed by atoms with Gasteiger partial charge >= 0.3 is 5.51 Å². The smallest absolute Gasteiger partial charge is 0.347 e. The number of rotatable bonds is 4. The third-order valence-electron chi connectivity index (χ3n) is 2.63. The van der Waals surface area contributed by atoms with Crippen LogP contribution in [0.1, 0.15) is 15.2 Å². The Kier molecular flexibility index (Phi) is 5.11. The average molecular weight is 429 g/mol. The molecule has 2 rings (SSSR count). The van der Waals surface area contributed by atoms with Gasteiger partial charge in [0.05, 0.1) is 15.9 Å². The Morgan fingerprint density at radius 1 is 1.30 bits per heavy atom. The highest BCUT2D eigenvalue weighted by Crippen LogP contribution is 2.30. The molecule has 0 bridgehead atoms. The first-order valence-electron chi connectivity index (χ1n) is 5.91. The molecule has 0 saturated carbocycles. The fraction of sp³-hybridized carbons (Fsp3) is 0.167. The van der Waals surface area contributed by atoms with E-state index in [1.165, 1.54) is 17.4 Å². The van der Waals surface area contributed by atoms with Crippen LogP contribution in [0.25, 0.3) is 0 Å². The zero-order chi connectivity index (χ0) is 17.3. The summed E-state index contributed by atoms with van der Waals surface area (Å²) in [6.07, 6.45) is 0.881. The maximum absolute atomic E-state index is 12.7. The predicted molar refractivity (Wildman–Crippen MR) is 80.7 cm³/mol. The van der Waals surface area contributed by atoms with Crippen molar-refractivity contribution in [2.75, 3.05) is 0 Å². The van der Waals surface area contributed by atoms with Gasteiger partial charge in [0.2, 0.25) is 0 Å². The molecule has 0 atom stereocenters. The molecule has 0 aromatic carbocycles. The second kappa shape index (κ2) is 6.57. The number of thiophene rings is 1. The van der Waals surface area contributed by atoms with E-state index in [0.717, 1.165) is 20.9 Å². The molecule has 124 valence electrons. The second-order valence-electron chi connectivity index (χ2n) is 4.19. The third kappa shape index (κ3) is 3.90. The van der Waals surface area contributed by atoms with Crippen LogP contribution in [0.15, 0.2) is 39.3 Å². The molecule has 5 nitrogen and oxygen atoms in total. The normalized spacial score (nSPS) is 12.2. The summed E-state index contributed by atoms with van der Waals surface area (Å²) >= 11 is 4.56. The Labute approximate surface area is 141 Å². The third-order valence-corrected chi connectivity index (χ3v) is 5.69. The maximum atomic E-state index is 12.7. The molecule has 0 fully saturated rings. The monoisotopic (exact) mass is 428 g/mol. The zero-order valence-corrected chi connectivity index (χ0v) is 14.3. The highest BCUT2D eigenvalue weighted by Gasteiger charge is 2.49. The summed E-state index contributed by atoms with van der Waals surface area (Å²) in [5, 5.41) is 1.06. The number of halogens is 4. The van der Waals surface area contributed by atoms with Crippen molar-refractivity contribution in [1.29, 1.82) is 0 Å². The predicted octanol–water partition coefficient (Wildman–Crippen LogP) is 3.13. The number of aromatic nitrogens is 1. The average Bonchev–Trinajstić information content (AvgIpc) is 2.89. The van der Waals surface area contributed by atoms with Gasteiger partial charge in [0.1, 0.15) is 0 Å². The van der Waals surface area contributed by atoms with Crippen LogP contribution in [0.2, 0.25) is 0 Å². The molecule has 0 aliphatic rings. The molecule has 2 aromatic rings. The number of carbonyl (C=O) groups excluding carboxylic acids is 1. The SMILES string of the molecule is O=C(NCc1ccc(Br)s1)c1cccnc1S(=O)(=O)C(F)(F)F. The van der Waals surface area contributed by atoms with Crippen LogP contribution in [0.3, 0.4) is 0 Å². The van der Waals surface area contributed by atoms with E-state index in [4.69, 9.17) is 0 Å². The summed E-state index contributed by atoms with van der Waals surface area (Å²) in [5.74, 6) is -0.953. The van der Waals surface area contributed by atoms with Crippen molar-refractivity contribution in [1.82, 2.24) is 10.3 Å². The number of carbonyl (C=O) groups is 1. The Morgan fingerprint density at radius 2 is 2.00 bits per heavy atom. The van der Waals surface area contributed by atoms with E-state index in [1.54, 1.807) is 12.1 Å². The van der Waals surface area contributed by atoms with Gasteiger partial charge in [-0.15, -0.1) is 11.3 Å². The van der Waals surface area contributed by atoms with Gasteiger partial charge in [0.15, 0.2) is 5.03 Å². The van der Waals surface area contributed by atoms with Gasteiger partial charge in [-0.2, -0.15) is 13.2 Å². The fourth-order valence-corrected chi connectivity index (χ4v) is 3.89. The Balaban J connectivity index is 2.28. The number of pyridine rings is 1. The number of amides is 1. The van der Waals surface area contributed by atoms with Gasteiger partial charge in [-0.05, 0) is 40.2 Å². The molecule has 0 spiro atoms. The van der Waals surface area contributed by atoms with E-state index in [2.05, 4.69) is 26.2 Å². The van der Waals surface area contributed by atoms with Crippen molar-refractivity contribution >= 4 is 43.0 Å². The number of nitrogens with one attached hydrogen (secondary N) is 1. The second-order valence-corrected chi connectivity index (χ2v) is 8.60. The van der Waals surface area contributed by atoms with Crippen LogP contribution in [-0.4, -0.2) is 24.8 Å². The lowest BCUT2D eigenvalue weighted by Gasteiger charge is -2.11.